The number of nitrogens with one attached hydrogen (secondary N) is 2. The normalized spacial score (nSPS) is 18.0. The molecule has 0 amide bonds. The molecule has 3 rings (SSSR count). The van der Waals surface area contributed by atoms with E-state index in [9.17, 15) is 0 Å². The lowest BCUT2D eigenvalue weighted by atomic mass is 10.1. The van der Waals surface area contributed by atoms with E-state index < -0.39 is 0 Å². The van der Waals surface area contributed by atoms with Crippen LogP contribution in [0.1, 0.15) is 30.7 Å². The number of hydrogen-bond acceptors (Lipinski definition) is 3. The van der Waals surface area contributed by atoms with Gasteiger partial charge in [-0.3, -0.25) is 4.99 Å². The summed E-state index contributed by atoms with van der Waals surface area (Å²) in [6.45, 7) is 5.22. The van der Waals surface area contributed by atoms with E-state index in [2.05, 4.69) is 17.6 Å². The van der Waals surface area contributed by atoms with Crippen molar-refractivity contribution in [1.82, 2.24) is 10.6 Å². The van der Waals surface area contributed by atoms with E-state index in [0.717, 1.165) is 61.5 Å². The number of hydrogen-bond donors (Lipinski definition) is 2. The van der Waals surface area contributed by atoms with E-state index in [4.69, 9.17) is 25.7 Å². The van der Waals surface area contributed by atoms with Gasteiger partial charge in [0.25, 0.3) is 0 Å². The van der Waals surface area contributed by atoms with Crippen molar-refractivity contribution in [2.45, 2.75) is 25.8 Å². The third-order valence-corrected chi connectivity index (χ3v) is 4.84. The van der Waals surface area contributed by atoms with E-state index in [1.807, 2.05) is 36.4 Å². The number of guanidine groups is 1. The van der Waals surface area contributed by atoms with Crippen molar-refractivity contribution in [2.75, 3.05) is 26.3 Å². The van der Waals surface area contributed by atoms with Crippen LogP contribution in [-0.2, 0) is 11.2 Å². The maximum absolute atomic E-state index is 6.33. The summed E-state index contributed by atoms with van der Waals surface area (Å²) in [6, 6.07) is 11.8. The number of ether oxygens (including phenoxy) is 1. The zero-order valence-electron chi connectivity index (χ0n) is 15.5. The Morgan fingerprint density at radius 1 is 1.30 bits per heavy atom. The SMILES string of the molecule is CC(NC(=NCC1CCOC1)NCCc1ccco1)c1ccccc1Cl.I. The van der Waals surface area contributed by atoms with Gasteiger partial charge in [0, 0.05) is 37.1 Å². The van der Waals surface area contributed by atoms with Crippen LogP contribution >= 0.6 is 35.6 Å². The summed E-state index contributed by atoms with van der Waals surface area (Å²) in [5, 5.41) is 7.61. The van der Waals surface area contributed by atoms with Crippen LogP contribution in [0.25, 0.3) is 0 Å². The molecule has 0 bridgehead atoms. The molecule has 1 aromatic heterocycles. The minimum Gasteiger partial charge on any atom is -0.469 e. The highest BCUT2D eigenvalue weighted by Gasteiger charge is 2.16. The molecule has 2 atom stereocenters. The second kappa shape index (κ2) is 11.6. The van der Waals surface area contributed by atoms with Gasteiger partial charge in [-0.15, -0.1) is 24.0 Å². The summed E-state index contributed by atoms with van der Waals surface area (Å²) in [6.07, 6.45) is 3.58. The van der Waals surface area contributed by atoms with Crippen LogP contribution in [0.2, 0.25) is 5.02 Å². The summed E-state index contributed by atoms with van der Waals surface area (Å²) < 4.78 is 10.8. The minimum atomic E-state index is 0. The van der Waals surface area contributed by atoms with Crippen molar-refractivity contribution in [1.29, 1.82) is 0 Å². The van der Waals surface area contributed by atoms with Gasteiger partial charge in [-0.1, -0.05) is 29.8 Å². The first-order valence-electron chi connectivity index (χ1n) is 9.12. The maximum atomic E-state index is 6.33. The lowest BCUT2D eigenvalue weighted by Gasteiger charge is -2.20. The lowest BCUT2D eigenvalue weighted by Crippen LogP contribution is -2.40. The largest absolute Gasteiger partial charge is 0.469 e. The molecule has 0 aliphatic carbocycles. The maximum Gasteiger partial charge on any atom is 0.191 e. The number of rotatable bonds is 7. The van der Waals surface area contributed by atoms with E-state index >= 15 is 0 Å². The Labute approximate surface area is 182 Å². The van der Waals surface area contributed by atoms with Gasteiger partial charge in [0.2, 0.25) is 0 Å². The fraction of sp³-hybridized carbons (Fsp3) is 0.450. The number of nitrogens with zero attached hydrogens (tertiary/aromatic N) is 1. The van der Waals surface area contributed by atoms with Crippen LogP contribution in [0.5, 0.6) is 0 Å². The second-order valence-corrected chi connectivity index (χ2v) is 6.97. The quantitative estimate of drug-likeness (QED) is 0.333. The fourth-order valence-corrected chi connectivity index (χ4v) is 3.27. The predicted molar refractivity (Wildman–Crippen MR) is 120 cm³/mol. The van der Waals surface area contributed by atoms with Crippen LogP contribution in [0.15, 0.2) is 52.1 Å². The molecule has 148 valence electrons. The minimum absolute atomic E-state index is 0. The van der Waals surface area contributed by atoms with Gasteiger partial charge in [0.1, 0.15) is 5.76 Å². The smallest absolute Gasteiger partial charge is 0.191 e. The standard InChI is InChI=1S/C20H26ClN3O2.HI/c1-15(18-6-2-3-7-19(18)21)24-20(23-13-16-9-12-25-14-16)22-10-8-17-5-4-11-26-17;/h2-7,11,15-16H,8-10,12-14H2,1H3,(H2,22,23,24);1H. The third kappa shape index (κ3) is 7.01. The molecule has 0 spiro atoms. The average molecular weight is 504 g/mol. The Kier molecular flexibility index (Phi) is 9.44. The van der Waals surface area contributed by atoms with Crippen LogP contribution in [0.4, 0.5) is 0 Å². The Bertz CT molecular complexity index is 703. The Morgan fingerprint density at radius 3 is 2.85 bits per heavy atom. The van der Waals surface area contributed by atoms with Crippen LogP contribution in [-0.4, -0.2) is 32.3 Å². The van der Waals surface area contributed by atoms with Gasteiger partial charge >= 0.3 is 0 Å². The highest BCUT2D eigenvalue weighted by molar-refractivity contribution is 14.0. The monoisotopic (exact) mass is 503 g/mol. The van der Waals surface area contributed by atoms with Gasteiger partial charge in [-0.25, -0.2) is 0 Å². The molecule has 0 saturated carbocycles. The molecule has 1 aromatic carbocycles. The molecule has 7 heteroatoms. The van der Waals surface area contributed by atoms with E-state index in [1.54, 1.807) is 6.26 Å². The summed E-state index contributed by atoms with van der Waals surface area (Å²) in [4.78, 5) is 4.76. The third-order valence-electron chi connectivity index (χ3n) is 4.50. The summed E-state index contributed by atoms with van der Waals surface area (Å²) in [7, 11) is 0. The van der Waals surface area contributed by atoms with Crippen molar-refractivity contribution in [3.8, 4) is 0 Å². The zero-order valence-corrected chi connectivity index (χ0v) is 18.6. The van der Waals surface area contributed by atoms with Crippen LogP contribution < -0.4 is 10.6 Å². The van der Waals surface area contributed by atoms with Crippen molar-refractivity contribution >= 4 is 41.5 Å². The first kappa shape index (κ1) is 22.0. The highest BCUT2D eigenvalue weighted by Crippen LogP contribution is 2.22. The molecule has 1 aliphatic rings. The van der Waals surface area contributed by atoms with Crippen LogP contribution in [0, 0.1) is 5.92 Å². The first-order chi connectivity index (χ1) is 12.7. The molecular formula is C20H27ClIN3O2. The van der Waals surface area contributed by atoms with Crippen molar-refractivity contribution < 1.29 is 9.15 Å². The Hall–Kier alpha value is -1.25. The Balaban J connectivity index is 0.00000261. The lowest BCUT2D eigenvalue weighted by molar-refractivity contribution is 0.187. The zero-order chi connectivity index (χ0) is 18.2. The summed E-state index contributed by atoms with van der Waals surface area (Å²) >= 11 is 6.33. The fourth-order valence-electron chi connectivity index (χ4n) is 2.97. The number of halogens is 2. The summed E-state index contributed by atoms with van der Waals surface area (Å²) in [5.74, 6) is 2.24. The molecule has 5 nitrogen and oxygen atoms in total. The van der Waals surface area contributed by atoms with E-state index in [-0.39, 0.29) is 30.0 Å². The van der Waals surface area contributed by atoms with Gasteiger partial charge < -0.3 is 19.8 Å². The molecule has 2 N–H and O–H groups in total. The molecule has 2 aromatic rings. The molecular weight excluding hydrogens is 477 g/mol. The molecule has 2 unspecified atom stereocenters. The van der Waals surface area contributed by atoms with Gasteiger partial charge in [0.05, 0.1) is 18.9 Å². The second-order valence-electron chi connectivity index (χ2n) is 6.56. The van der Waals surface area contributed by atoms with Crippen molar-refractivity contribution in [3.05, 3.63) is 59.0 Å². The summed E-state index contributed by atoms with van der Waals surface area (Å²) in [5.41, 5.74) is 1.05. The predicted octanol–water partition coefficient (Wildman–Crippen LogP) is 4.43. The van der Waals surface area contributed by atoms with Gasteiger partial charge in [0.15, 0.2) is 5.96 Å². The highest BCUT2D eigenvalue weighted by atomic mass is 127. The first-order valence-corrected chi connectivity index (χ1v) is 9.49. The molecule has 2 heterocycles. The van der Waals surface area contributed by atoms with Gasteiger partial charge in [-0.05, 0) is 37.1 Å². The average Bonchev–Trinajstić information content (AvgIpc) is 3.33. The van der Waals surface area contributed by atoms with Crippen molar-refractivity contribution in [2.24, 2.45) is 10.9 Å². The van der Waals surface area contributed by atoms with Crippen LogP contribution in [0.3, 0.4) is 0 Å². The number of benzene rings is 1. The molecule has 1 fully saturated rings. The van der Waals surface area contributed by atoms with E-state index in [0.29, 0.717) is 5.92 Å². The molecule has 1 aliphatic heterocycles. The molecule has 1 saturated heterocycles. The Morgan fingerprint density at radius 2 is 2.15 bits per heavy atom. The van der Waals surface area contributed by atoms with E-state index in [1.165, 1.54) is 0 Å². The topological polar surface area (TPSA) is 58.8 Å². The number of aliphatic imine (C=N–C) groups is 1. The molecule has 0 radical (unpaired) electrons. The number of furan rings is 1. The van der Waals surface area contributed by atoms with Crippen molar-refractivity contribution in [3.63, 3.8) is 0 Å². The molecule has 27 heavy (non-hydrogen) atoms. The van der Waals surface area contributed by atoms with Gasteiger partial charge in [-0.2, -0.15) is 0 Å².